The molecule has 0 spiro atoms. The Morgan fingerprint density at radius 1 is 1.07 bits per heavy atom. The summed E-state index contributed by atoms with van der Waals surface area (Å²) in [5.41, 5.74) is 1.67. The molecule has 0 aliphatic carbocycles. The van der Waals surface area contributed by atoms with Gasteiger partial charge in [-0.05, 0) is 41.6 Å². The van der Waals surface area contributed by atoms with E-state index in [1.165, 1.54) is 6.26 Å². The summed E-state index contributed by atoms with van der Waals surface area (Å²) in [6.45, 7) is 0.0905. The van der Waals surface area contributed by atoms with E-state index in [4.69, 9.17) is 13.9 Å². The van der Waals surface area contributed by atoms with Crippen molar-refractivity contribution in [1.29, 1.82) is 0 Å². The number of aliphatic hydroxyl groups is 1. The quantitative estimate of drug-likeness (QED) is 0.665. The second-order valence-electron chi connectivity index (χ2n) is 5.90. The van der Waals surface area contributed by atoms with Crippen LogP contribution in [0.2, 0.25) is 0 Å². The highest BCUT2D eigenvalue weighted by Gasteiger charge is 2.35. The van der Waals surface area contributed by atoms with E-state index in [-0.39, 0.29) is 24.3 Å². The number of hydrogen-bond acceptors (Lipinski definition) is 6. The van der Waals surface area contributed by atoms with Gasteiger partial charge in [0.2, 0.25) is 0 Å². The van der Waals surface area contributed by atoms with E-state index in [9.17, 15) is 9.59 Å². The minimum atomic E-state index is -0.369. The van der Waals surface area contributed by atoms with Crippen molar-refractivity contribution in [2.75, 3.05) is 0 Å². The number of furan rings is 2. The van der Waals surface area contributed by atoms with Gasteiger partial charge < -0.3 is 13.9 Å². The predicted octanol–water partition coefficient (Wildman–Crippen LogP) is 4.27. The van der Waals surface area contributed by atoms with Gasteiger partial charge in [0, 0.05) is 11.6 Å². The number of hydrogen-bond donors (Lipinski definition) is 1. The Morgan fingerprint density at radius 3 is 2.59 bits per heavy atom. The molecule has 0 bridgehead atoms. The van der Waals surface area contributed by atoms with Crippen molar-refractivity contribution in [2.45, 2.75) is 13.2 Å². The lowest BCUT2D eigenvalue weighted by Crippen LogP contribution is -2.27. The third-order valence-corrected chi connectivity index (χ3v) is 5.00. The zero-order chi connectivity index (χ0) is 18.8. The van der Waals surface area contributed by atoms with E-state index in [2.05, 4.69) is 0 Å². The van der Waals surface area contributed by atoms with Gasteiger partial charge in [-0.1, -0.05) is 24.3 Å². The van der Waals surface area contributed by atoms with Crippen LogP contribution in [-0.2, 0) is 17.9 Å². The first kappa shape index (κ1) is 17.4. The van der Waals surface area contributed by atoms with Crippen LogP contribution in [0, 0.1) is 0 Å². The average Bonchev–Trinajstić information content (AvgIpc) is 3.41. The summed E-state index contributed by atoms with van der Waals surface area (Å²) in [6, 6.07) is 14.3. The summed E-state index contributed by atoms with van der Waals surface area (Å²) in [6.07, 6.45) is 3.07. The van der Waals surface area contributed by atoms with Crippen LogP contribution < -0.4 is 0 Å². The maximum Gasteiger partial charge on any atom is 0.293 e. The van der Waals surface area contributed by atoms with Gasteiger partial charge in [0.15, 0.2) is 0 Å². The minimum Gasteiger partial charge on any atom is -0.467 e. The molecule has 4 rings (SSSR count). The van der Waals surface area contributed by atoms with Crippen LogP contribution in [0.3, 0.4) is 0 Å². The molecule has 6 nitrogen and oxygen atoms in total. The van der Waals surface area contributed by atoms with Gasteiger partial charge in [0.1, 0.15) is 17.3 Å². The van der Waals surface area contributed by atoms with E-state index >= 15 is 0 Å². The fourth-order valence-corrected chi connectivity index (χ4v) is 3.50. The number of aliphatic hydroxyl groups excluding tert-OH is 1. The molecule has 2 aromatic heterocycles. The summed E-state index contributed by atoms with van der Waals surface area (Å²) in [4.78, 5) is 26.1. The molecule has 0 unspecified atom stereocenters. The SMILES string of the molecule is O=C1SC(=Cc2ccc(-c3ccc(CO)cc3)o2)C(=O)N1Cc1ccco1. The van der Waals surface area contributed by atoms with Crippen molar-refractivity contribution in [1.82, 2.24) is 4.90 Å². The van der Waals surface area contributed by atoms with Gasteiger partial charge in [0.25, 0.3) is 11.1 Å². The molecule has 3 aromatic rings. The fourth-order valence-electron chi connectivity index (χ4n) is 2.68. The normalized spacial score (nSPS) is 15.9. The van der Waals surface area contributed by atoms with Gasteiger partial charge in [-0.15, -0.1) is 0 Å². The van der Waals surface area contributed by atoms with E-state index in [1.54, 1.807) is 30.3 Å². The Hall–Kier alpha value is -3.03. The van der Waals surface area contributed by atoms with Crippen LogP contribution in [0.1, 0.15) is 17.1 Å². The molecule has 0 atom stereocenters. The van der Waals surface area contributed by atoms with Crippen LogP contribution in [0.5, 0.6) is 0 Å². The molecule has 1 aromatic carbocycles. The maximum atomic E-state index is 12.5. The molecule has 27 heavy (non-hydrogen) atoms. The molecule has 2 amide bonds. The van der Waals surface area contributed by atoms with Crippen molar-refractivity contribution in [3.05, 3.63) is 76.8 Å². The summed E-state index contributed by atoms with van der Waals surface area (Å²) >= 11 is 0.878. The Kier molecular flexibility index (Phi) is 4.70. The second kappa shape index (κ2) is 7.30. The van der Waals surface area contributed by atoms with E-state index in [0.717, 1.165) is 27.8 Å². The third kappa shape index (κ3) is 3.60. The molecule has 136 valence electrons. The van der Waals surface area contributed by atoms with E-state index in [1.807, 2.05) is 24.3 Å². The van der Waals surface area contributed by atoms with E-state index < -0.39 is 0 Å². The van der Waals surface area contributed by atoms with Gasteiger partial charge >= 0.3 is 0 Å². The first-order valence-electron chi connectivity index (χ1n) is 8.22. The van der Waals surface area contributed by atoms with Crippen molar-refractivity contribution in [2.24, 2.45) is 0 Å². The van der Waals surface area contributed by atoms with Gasteiger partial charge in [-0.3, -0.25) is 14.5 Å². The maximum absolute atomic E-state index is 12.5. The molecule has 3 heterocycles. The summed E-state index contributed by atoms with van der Waals surface area (Å²) in [5, 5.41) is 8.77. The number of thioether (sulfide) groups is 1. The van der Waals surface area contributed by atoms with Gasteiger partial charge in [-0.25, -0.2) is 0 Å². The lowest BCUT2D eigenvalue weighted by atomic mass is 10.1. The first-order chi connectivity index (χ1) is 13.1. The summed E-state index contributed by atoms with van der Waals surface area (Å²) in [7, 11) is 0. The highest BCUT2D eigenvalue weighted by molar-refractivity contribution is 8.18. The van der Waals surface area contributed by atoms with Gasteiger partial charge in [0.05, 0.1) is 24.3 Å². The molecular weight excluding hydrogens is 366 g/mol. The smallest absolute Gasteiger partial charge is 0.293 e. The van der Waals surface area contributed by atoms with Crippen LogP contribution in [-0.4, -0.2) is 21.2 Å². The highest BCUT2D eigenvalue weighted by atomic mass is 32.2. The monoisotopic (exact) mass is 381 g/mol. The van der Waals surface area contributed by atoms with Crippen molar-refractivity contribution >= 4 is 29.0 Å². The highest BCUT2D eigenvalue weighted by Crippen LogP contribution is 2.34. The lowest BCUT2D eigenvalue weighted by Gasteiger charge is -2.09. The van der Waals surface area contributed by atoms with Crippen molar-refractivity contribution in [3.63, 3.8) is 0 Å². The second-order valence-corrected chi connectivity index (χ2v) is 6.90. The number of imide groups is 1. The van der Waals surface area contributed by atoms with Crippen LogP contribution >= 0.6 is 11.8 Å². The Bertz CT molecular complexity index is 1000. The third-order valence-electron chi connectivity index (χ3n) is 4.09. The average molecular weight is 381 g/mol. The zero-order valence-corrected chi connectivity index (χ0v) is 14.9. The number of carbonyl (C=O) groups is 2. The molecular formula is C20H15NO5S. The molecule has 1 fully saturated rings. The van der Waals surface area contributed by atoms with Crippen LogP contribution in [0.15, 0.2) is 68.5 Å². The molecule has 7 heteroatoms. The summed E-state index contributed by atoms with van der Waals surface area (Å²) < 4.78 is 11.0. The zero-order valence-electron chi connectivity index (χ0n) is 14.1. The molecule has 1 N–H and O–H groups in total. The lowest BCUT2D eigenvalue weighted by molar-refractivity contribution is -0.123. The molecule has 1 saturated heterocycles. The molecule has 0 saturated carbocycles. The topological polar surface area (TPSA) is 83.9 Å². The Morgan fingerprint density at radius 2 is 1.89 bits per heavy atom. The standard InChI is InChI=1S/C20H15NO5S/c22-12-13-3-5-14(6-4-13)17-8-7-15(26-17)10-18-19(23)21(20(24)27-18)11-16-2-1-9-25-16/h1-10,22H,11-12H2. The summed E-state index contributed by atoms with van der Waals surface area (Å²) in [5.74, 6) is 1.30. The van der Waals surface area contributed by atoms with Crippen molar-refractivity contribution < 1.29 is 23.5 Å². The molecule has 1 aliphatic heterocycles. The first-order valence-corrected chi connectivity index (χ1v) is 9.03. The number of amides is 2. The minimum absolute atomic E-state index is 0.0162. The van der Waals surface area contributed by atoms with Crippen molar-refractivity contribution in [3.8, 4) is 11.3 Å². The fraction of sp³-hybridized carbons (Fsp3) is 0.100. The molecule has 0 radical (unpaired) electrons. The number of carbonyl (C=O) groups excluding carboxylic acids is 2. The number of rotatable bonds is 5. The van der Waals surface area contributed by atoms with Crippen LogP contribution in [0.4, 0.5) is 4.79 Å². The Labute approximate surface area is 159 Å². The number of nitrogens with zero attached hydrogens (tertiary/aromatic N) is 1. The number of benzene rings is 1. The Balaban J connectivity index is 1.52. The largest absolute Gasteiger partial charge is 0.467 e. The van der Waals surface area contributed by atoms with Crippen LogP contribution in [0.25, 0.3) is 17.4 Å². The van der Waals surface area contributed by atoms with E-state index in [0.29, 0.717) is 22.2 Å². The predicted molar refractivity (Wildman–Crippen MR) is 100 cm³/mol. The van der Waals surface area contributed by atoms with Gasteiger partial charge in [-0.2, -0.15) is 0 Å². The molecule has 1 aliphatic rings.